The van der Waals surface area contributed by atoms with Gasteiger partial charge in [-0.2, -0.15) is 0 Å². The summed E-state index contributed by atoms with van der Waals surface area (Å²) in [6, 6.07) is 11.3. The van der Waals surface area contributed by atoms with Crippen molar-refractivity contribution in [3.05, 3.63) is 53.1 Å². The molecule has 0 atom stereocenters. The Hall–Kier alpha value is -2.91. The van der Waals surface area contributed by atoms with Crippen molar-refractivity contribution in [3.8, 4) is 5.75 Å². The number of amides is 1. The molecule has 3 aromatic rings. The molecule has 9 heteroatoms. The zero-order valence-electron chi connectivity index (χ0n) is 16.5. The number of hydrogen-bond acceptors (Lipinski definition) is 8. The number of thioether (sulfide) groups is 1. The van der Waals surface area contributed by atoms with E-state index in [4.69, 9.17) is 4.74 Å². The number of nitrogens with zero attached hydrogens (tertiary/aromatic N) is 2. The zero-order chi connectivity index (χ0) is 21.1. The fraction of sp³-hybridized carbons (Fsp3) is 0.238. The zero-order valence-corrected chi connectivity index (χ0v) is 18.2. The van der Waals surface area contributed by atoms with Crippen LogP contribution in [0.1, 0.15) is 28.4 Å². The number of benzene rings is 2. The molecule has 4 rings (SSSR count). The summed E-state index contributed by atoms with van der Waals surface area (Å²) >= 11 is 2.76. The number of para-hydroxylation sites is 1. The molecule has 1 aliphatic rings. The van der Waals surface area contributed by atoms with Crippen LogP contribution in [0.3, 0.4) is 0 Å². The van der Waals surface area contributed by atoms with Crippen molar-refractivity contribution in [2.75, 3.05) is 23.0 Å². The second kappa shape index (κ2) is 8.85. The molecule has 0 fully saturated rings. The second-order valence-corrected chi connectivity index (χ2v) is 8.92. The Bertz CT molecular complexity index is 1110. The van der Waals surface area contributed by atoms with E-state index in [0.717, 1.165) is 17.7 Å². The molecule has 1 amide bonds. The average molecular weight is 441 g/mol. The number of anilines is 3. The van der Waals surface area contributed by atoms with Gasteiger partial charge in [-0.25, -0.2) is 0 Å². The van der Waals surface area contributed by atoms with Crippen LogP contribution in [0.5, 0.6) is 5.75 Å². The minimum absolute atomic E-state index is 0.00812. The molecule has 0 bridgehead atoms. The van der Waals surface area contributed by atoms with Crippen molar-refractivity contribution in [2.45, 2.75) is 24.6 Å². The van der Waals surface area contributed by atoms with E-state index in [1.165, 1.54) is 28.7 Å². The lowest BCUT2D eigenvalue weighted by atomic mass is 10.1. The Kier molecular flexibility index (Phi) is 6.01. The van der Waals surface area contributed by atoms with Crippen LogP contribution in [0.15, 0.2) is 40.7 Å². The van der Waals surface area contributed by atoms with Crippen molar-refractivity contribution in [1.82, 2.24) is 10.2 Å². The van der Waals surface area contributed by atoms with Gasteiger partial charge in [-0.3, -0.25) is 9.59 Å². The van der Waals surface area contributed by atoms with Crippen LogP contribution in [0, 0.1) is 6.92 Å². The molecule has 2 heterocycles. The van der Waals surface area contributed by atoms with E-state index in [0.29, 0.717) is 26.5 Å². The minimum atomic E-state index is -0.227. The van der Waals surface area contributed by atoms with Crippen LogP contribution in [0.25, 0.3) is 0 Å². The Labute approximate surface area is 182 Å². The van der Waals surface area contributed by atoms with Gasteiger partial charge in [0.25, 0.3) is 5.91 Å². The molecule has 0 spiro atoms. The van der Waals surface area contributed by atoms with Crippen LogP contribution in [0.2, 0.25) is 0 Å². The number of fused-ring (bicyclic) bond motifs is 1. The fourth-order valence-corrected chi connectivity index (χ4v) is 4.75. The van der Waals surface area contributed by atoms with Crippen LogP contribution < -0.4 is 15.4 Å². The normalized spacial score (nSPS) is 12.7. The predicted octanol–water partition coefficient (Wildman–Crippen LogP) is 4.46. The molecule has 30 heavy (non-hydrogen) atoms. The maximum absolute atomic E-state index is 12.6. The summed E-state index contributed by atoms with van der Waals surface area (Å²) in [5.41, 5.74) is 4.47. The first-order valence-corrected chi connectivity index (χ1v) is 11.3. The third kappa shape index (κ3) is 4.47. The molecular formula is C21H20N4O3S2. The van der Waals surface area contributed by atoms with Crippen molar-refractivity contribution >= 4 is 51.3 Å². The summed E-state index contributed by atoms with van der Waals surface area (Å²) in [5, 5.41) is 15.2. The monoisotopic (exact) mass is 440 g/mol. The van der Waals surface area contributed by atoms with Crippen molar-refractivity contribution < 1.29 is 14.3 Å². The average Bonchev–Trinajstić information content (AvgIpc) is 3.20. The van der Waals surface area contributed by atoms with E-state index < -0.39 is 0 Å². The van der Waals surface area contributed by atoms with Crippen molar-refractivity contribution in [2.24, 2.45) is 0 Å². The van der Waals surface area contributed by atoms with Crippen LogP contribution >= 0.6 is 23.1 Å². The maximum Gasteiger partial charge on any atom is 0.262 e. The largest absolute Gasteiger partial charge is 0.482 e. The first kappa shape index (κ1) is 20.4. The molecule has 0 saturated heterocycles. The first-order valence-electron chi connectivity index (χ1n) is 9.45. The fourth-order valence-electron chi connectivity index (χ4n) is 3.09. The number of nitrogens with one attached hydrogen (secondary N) is 2. The summed E-state index contributed by atoms with van der Waals surface area (Å²) < 4.78 is 6.04. The van der Waals surface area contributed by atoms with Gasteiger partial charge in [0, 0.05) is 11.3 Å². The number of Topliss-reactive ketones (excluding diaryl/α,β-unsaturated/α-hetero) is 1. The summed E-state index contributed by atoms with van der Waals surface area (Å²) in [6.45, 7) is 4.17. The third-order valence-electron chi connectivity index (χ3n) is 4.64. The predicted molar refractivity (Wildman–Crippen MR) is 119 cm³/mol. The Balaban J connectivity index is 1.40. The van der Waals surface area contributed by atoms with Gasteiger partial charge in [-0.05, 0) is 42.7 Å². The number of aryl methyl sites for hydroxylation is 2. The Morgan fingerprint density at radius 3 is 3.00 bits per heavy atom. The quantitative estimate of drug-likeness (QED) is 0.414. The van der Waals surface area contributed by atoms with E-state index >= 15 is 0 Å². The van der Waals surface area contributed by atoms with Crippen LogP contribution in [0.4, 0.5) is 16.5 Å². The third-order valence-corrected chi connectivity index (χ3v) is 6.61. The van der Waals surface area contributed by atoms with Crippen LogP contribution in [-0.4, -0.2) is 34.2 Å². The van der Waals surface area contributed by atoms with E-state index in [2.05, 4.69) is 46.8 Å². The molecule has 0 radical (unpaired) electrons. The molecule has 0 unspecified atom stereocenters. The van der Waals surface area contributed by atoms with Gasteiger partial charge in [-0.1, -0.05) is 48.2 Å². The molecule has 2 aromatic carbocycles. The first-order chi connectivity index (χ1) is 14.5. The van der Waals surface area contributed by atoms with E-state index in [9.17, 15) is 9.59 Å². The number of ketones is 1. The molecule has 154 valence electrons. The van der Waals surface area contributed by atoms with Gasteiger partial charge in [-0.15, -0.1) is 10.2 Å². The minimum Gasteiger partial charge on any atom is -0.482 e. The summed E-state index contributed by atoms with van der Waals surface area (Å²) in [7, 11) is 0. The number of ether oxygens (including phenoxy) is 1. The number of hydrogen-bond donors (Lipinski definition) is 2. The number of aromatic nitrogens is 2. The Morgan fingerprint density at radius 1 is 1.30 bits per heavy atom. The second-order valence-electron chi connectivity index (χ2n) is 6.72. The highest BCUT2D eigenvalue weighted by molar-refractivity contribution is 8.01. The standard InChI is InChI=1S/C21H20N4O3S2/c1-3-13-6-4-5-12(2)19(13)23-20-24-25-21(30-20)29-11-16(26)14-7-8-17-15(9-14)22-18(27)10-28-17/h4-9H,3,10-11H2,1-2H3,(H,22,27)(H,23,24). The molecule has 1 aromatic heterocycles. The number of carbonyl (C=O) groups excluding carboxylic acids is 2. The molecule has 2 N–H and O–H groups in total. The lowest BCUT2D eigenvalue weighted by Gasteiger charge is -2.18. The van der Waals surface area contributed by atoms with Gasteiger partial charge in [0.05, 0.1) is 11.4 Å². The van der Waals surface area contributed by atoms with Gasteiger partial charge in [0.15, 0.2) is 16.7 Å². The van der Waals surface area contributed by atoms with Gasteiger partial charge in [0.1, 0.15) is 5.75 Å². The molecule has 7 nitrogen and oxygen atoms in total. The van der Waals surface area contributed by atoms with Gasteiger partial charge in [0.2, 0.25) is 5.13 Å². The van der Waals surface area contributed by atoms with Crippen LogP contribution in [-0.2, 0) is 11.2 Å². The van der Waals surface area contributed by atoms with Gasteiger partial charge < -0.3 is 15.4 Å². The summed E-state index contributed by atoms with van der Waals surface area (Å²) in [5.74, 6) is 0.517. The lowest BCUT2D eigenvalue weighted by Crippen LogP contribution is -2.25. The topological polar surface area (TPSA) is 93.2 Å². The van der Waals surface area contributed by atoms with Crippen molar-refractivity contribution in [1.29, 1.82) is 0 Å². The number of rotatable bonds is 7. The smallest absolute Gasteiger partial charge is 0.262 e. The Morgan fingerprint density at radius 2 is 2.17 bits per heavy atom. The summed E-state index contributed by atoms with van der Waals surface area (Å²) in [6.07, 6.45) is 0.922. The van der Waals surface area contributed by atoms with E-state index in [1.807, 2.05) is 6.07 Å². The van der Waals surface area contributed by atoms with Gasteiger partial charge >= 0.3 is 0 Å². The highest BCUT2D eigenvalue weighted by Gasteiger charge is 2.18. The highest BCUT2D eigenvalue weighted by atomic mass is 32.2. The SMILES string of the molecule is CCc1cccc(C)c1Nc1nnc(SCC(=O)c2ccc3c(c2)NC(=O)CO3)s1. The van der Waals surface area contributed by atoms with Crippen molar-refractivity contribution in [3.63, 3.8) is 0 Å². The lowest BCUT2D eigenvalue weighted by molar-refractivity contribution is -0.118. The maximum atomic E-state index is 12.6. The molecule has 1 aliphatic heterocycles. The molecule has 0 saturated carbocycles. The number of carbonyl (C=O) groups is 2. The summed E-state index contributed by atoms with van der Waals surface area (Å²) in [4.78, 5) is 24.0. The van der Waals surface area contributed by atoms with E-state index in [1.54, 1.807) is 18.2 Å². The highest BCUT2D eigenvalue weighted by Crippen LogP contribution is 2.32. The molecule has 0 aliphatic carbocycles. The molecular weight excluding hydrogens is 420 g/mol. The van der Waals surface area contributed by atoms with E-state index in [-0.39, 0.29) is 24.1 Å².